The first-order valence-electron chi connectivity index (χ1n) is 8.52. The third kappa shape index (κ3) is 2.01. The third-order valence-corrected chi connectivity index (χ3v) is 5.82. The van der Waals surface area contributed by atoms with E-state index in [0.29, 0.717) is 11.8 Å². The summed E-state index contributed by atoms with van der Waals surface area (Å²) in [6.07, 6.45) is 5.79. The van der Waals surface area contributed by atoms with Crippen molar-refractivity contribution in [1.82, 2.24) is 0 Å². The smallest absolute Gasteiger partial charge is 0.0640 e. The van der Waals surface area contributed by atoms with Crippen LogP contribution in [0.15, 0.2) is 72.8 Å². The quantitative estimate of drug-likeness (QED) is 0.514. The Labute approximate surface area is 147 Å². The van der Waals surface area contributed by atoms with Crippen molar-refractivity contribution < 1.29 is 0 Å². The summed E-state index contributed by atoms with van der Waals surface area (Å²) in [7, 11) is 0. The second-order valence-corrected chi connectivity index (χ2v) is 7.16. The highest BCUT2D eigenvalue weighted by Crippen LogP contribution is 2.52. The minimum absolute atomic E-state index is 0.281. The molecule has 0 radical (unpaired) electrons. The Kier molecular flexibility index (Phi) is 3.17. The van der Waals surface area contributed by atoms with Crippen LogP contribution >= 0.6 is 11.6 Å². The van der Waals surface area contributed by atoms with Gasteiger partial charge in [0.25, 0.3) is 0 Å². The normalized spacial score (nSPS) is 24.5. The highest BCUT2D eigenvalue weighted by atomic mass is 35.5. The predicted molar refractivity (Wildman–Crippen MR) is 102 cm³/mol. The zero-order chi connectivity index (χ0) is 16.1. The van der Waals surface area contributed by atoms with Crippen LogP contribution in [0.25, 0.3) is 10.8 Å². The summed E-state index contributed by atoms with van der Waals surface area (Å²) in [6, 6.07) is 21.8. The molecule has 5 rings (SSSR count). The lowest BCUT2D eigenvalue weighted by atomic mass is 9.76. The number of para-hydroxylation sites is 1. The Morgan fingerprint density at radius 3 is 2.62 bits per heavy atom. The molecule has 1 aliphatic heterocycles. The summed E-state index contributed by atoms with van der Waals surface area (Å²) in [5.41, 5.74) is 3.81. The van der Waals surface area contributed by atoms with E-state index in [1.165, 1.54) is 21.9 Å². The number of anilines is 1. The van der Waals surface area contributed by atoms with Crippen LogP contribution in [-0.4, -0.2) is 0 Å². The summed E-state index contributed by atoms with van der Waals surface area (Å²) < 4.78 is 0. The number of nitrogens with one attached hydrogen (secondary N) is 1. The van der Waals surface area contributed by atoms with Crippen molar-refractivity contribution in [2.75, 3.05) is 5.32 Å². The van der Waals surface area contributed by atoms with Gasteiger partial charge in [-0.2, -0.15) is 0 Å². The maximum Gasteiger partial charge on any atom is 0.0640 e. The van der Waals surface area contributed by atoms with E-state index in [-0.39, 0.29) is 6.04 Å². The fraction of sp³-hybridized carbons (Fsp3) is 0.182. The van der Waals surface area contributed by atoms with Gasteiger partial charge in [0.2, 0.25) is 0 Å². The van der Waals surface area contributed by atoms with E-state index in [9.17, 15) is 0 Å². The van der Waals surface area contributed by atoms with Gasteiger partial charge in [-0.25, -0.2) is 0 Å². The summed E-state index contributed by atoms with van der Waals surface area (Å²) in [5, 5.41) is 7.22. The van der Waals surface area contributed by atoms with Crippen LogP contribution in [-0.2, 0) is 0 Å². The molecule has 2 aliphatic rings. The lowest BCUT2D eigenvalue weighted by Gasteiger charge is -2.38. The molecule has 0 bridgehead atoms. The highest BCUT2D eigenvalue weighted by molar-refractivity contribution is 6.33. The fourth-order valence-electron chi connectivity index (χ4n) is 4.41. The molecule has 0 amide bonds. The number of allylic oxidation sites excluding steroid dienone is 2. The molecule has 0 fully saturated rings. The van der Waals surface area contributed by atoms with Crippen LogP contribution in [0.4, 0.5) is 5.69 Å². The van der Waals surface area contributed by atoms with E-state index in [0.717, 1.165) is 17.1 Å². The van der Waals surface area contributed by atoms with E-state index >= 15 is 0 Å². The molecule has 1 N–H and O–H groups in total. The molecule has 3 unspecified atom stereocenters. The Morgan fingerprint density at radius 1 is 0.875 bits per heavy atom. The Bertz CT molecular complexity index is 954. The minimum atomic E-state index is 0.281. The number of hydrogen-bond donors (Lipinski definition) is 1. The molecule has 1 nitrogen and oxygen atoms in total. The molecular weight excluding hydrogens is 314 g/mol. The zero-order valence-electron chi connectivity index (χ0n) is 13.2. The van der Waals surface area contributed by atoms with E-state index < -0.39 is 0 Å². The van der Waals surface area contributed by atoms with Crippen molar-refractivity contribution in [2.24, 2.45) is 5.92 Å². The van der Waals surface area contributed by atoms with Gasteiger partial charge >= 0.3 is 0 Å². The lowest BCUT2D eigenvalue weighted by Crippen LogP contribution is -2.29. The van der Waals surface area contributed by atoms with Crippen LogP contribution in [0.2, 0.25) is 5.02 Å². The molecule has 0 saturated heterocycles. The van der Waals surface area contributed by atoms with Gasteiger partial charge < -0.3 is 5.32 Å². The maximum absolute atomic E-state index is 6.52. The van der Waals surface area contributed by atoms with Crippen molar-refractivity contribution in [3.8, 4) is 0 Å². The van der Waals surface area contributed by atoms with Gasteiger partial charge in [-0.3, -0.25) is 0 Å². The topological polar surface area (TPSA) is 12.0 Å². The van der Waals surface area contributed by atoms with Gasteiger partial charge in [0.15, 0.2) is 0 Å². The number of benzene rings is 3. The standard InChI is InChI=1S/C22H18ClN/c23-20-13-5-12-19-16-9-4-11-18(16)21(24-22(19)20)17-10-3-7-14-6-1-2-8-15(14)17/h1-10,12-13,16,18,21,24H,11H2. The van der Waals surface area contributed by atoms with Gasteiger partial charge in [-0.1, -0.05) is 78.4 Å². The van der Waals surface area contributed by atoms with Crippen LogP contribution in [0.3, 0.4) is 0 Å². The average Bonchev–Trinajstić information content (AvgIpc) is 3.11. The number of fused-ring (bicyclic) bond motifs is 4. The fourth-order valence-corrected chi connectivity index (χ4v) is 4.65. The molecule has 118 valence electrons. The molecule has 0 saturated carbocycles. The van der Waals surface area contributed by atoms with Crippen LogP contribution in [0.5, 0.6) is 0 Å². The number of rotatable bonds is 1. The van der Waals surface area contributed by atoms with Gasteiger partial charge in [0.1, 0.15) is 0 Å². The van der Waals surface area contributed by atoms with Crippen LogP contribution < -0.4 is 5.32 Å². The summed E-state index contributed by atoms with van der Waals surface area (Å²) in [4.78, 5) is 0. The molecule has 0 spiro atoms. The second kappa shape index (κ2) is 5.39. The van der Waals surface area contributed by atoms with Crippen molar-refractivity contribution in [1.29, 1.82) is 0 Å². The lowest BCUT2D eigenvalue weighted by molar-refractivity contribution is 0.427. The second-order valence-electron chi connectivity index (χ2n) is 6.75. The van der Waals surface area contributed by atoms with Crippen molar-refractivity contribution in [2.45, 2.75) is 18.4 Å². The molecule has 24 heavy (non-hydrogen) atoms. The van der Waals surface area contributed by atoms with Gasteiger partial charge in [-0.05, 0) is 40.3 Å². The SMILES string of the molecule is Clc1cccc2c1NC(c1cccc3ccccc13)C1CC=CC21. The van der Waals surface area contributed by atoms with E-state index in [2.05, 4.69) is 72.1 Å². The summed E-state index contributed by atoms with van der Waals surface area (Å²) in [5.74, 6) is 0.991. The number of halogens is 1. The zero-order valence-corrected chi connectivity index (χ0v) is 14.0. The molecule has 0 aromatic heterocycles. The van der Waals surface area contributed by atoms with Crippen molar-refractivity contribution >= 4 is 28.1 Å². The Hall–Kier alpha value is -2.25. The predicted octanol–water partition coefficient (Wildman–Crippen LogP) is 6.32. The first-order chi connectivity index (χ1) is 11.8. The highest BCUT2D eigenvalue weighted by Gasteiger charge is 2.38. The Morgan fingerprint density at radius 2 is 1.67 bits per heavy atom. The van der Waals surface area contributed by atoms with Gasteiger partial charge in [-0.15, -0.1) is 0 Å². The van der Waals surface area contributed by atoms with E-state index in [4.69, 9.17) is 11.6 Å². The van der Waals surface area contributed by atoms with Crippen molar-refractivity contribution in [3.05, 3.63) is 89.0 Å². The van der Waals surface area contributed by atoms with E-state index in [1.807, 2.05) is 6.07 Å². The number of hydrogen-bond acceptors (Lipinski definition) is 1. The van der Waals surface area contributed by atoms with Crippen molar-refractivity contribution in [3.63, 3.8) is 0 Å². The van der Waals surface area contributed by atoms with Gasteiger partial charge in [0, 0.05) is 5.92 Å². The maximum atomic E-state index is 6.52. The molecular formula is C22H18ClN. The Balaban J connectivity index is 1.70. The minimum Gasteiger partial charge on any atom is -0.376 e. The molecule has 2 heteroatoms. The molecule has 1 aliphatic carbocycles. The average molecular weight is 332 g/mol. The summed E-state index contributed by atoms with van der Waals surface area (Å²) in [6.45, 7) is 0. The summed E-state index contributed by atoms with van der Waals surface area (Å²) >= 11 is 6.52. The van der Waals surface area contributed by atoms with Crippen LogP contribution in [0.1, 0.15) is 29.5 Å². The molecule has 3 atom stereocenters. The first kappa shape index (κ1) is 14.1. The first-order valence-corrected chi connectivity index (χ1v) is 8.90. The third-order valence-electron chi connectivity index (χ3n) is 5.50. The largest absolute Gasteiger partial charge is 0.376 e. The van der Waals surface area contributed by atoms with Gasteiger partial charge in [0.05, 0.1) is 16.8 Å². The molecule has 1 heterocycles. The van der Waals surface area contributed by atoms with Crippen LogP contribution in [0, 0.1) is 5.92 Å². The molecule has 3 aromatic carbocycles. The monoisotopic (exact) mass is 331 g/mol. The van der Waals surface area contributed by atoms with E-state index in [1.54, 1.807) is 0 Å². The molecule has 3 aromatic rings.